The summed E-state index contributed by atoms with van der Waals surface area (Å²) in [5, 5.41) is 19.7. The Balaban J connectivity index is 0.778. The molecule has 32 heteroatoms. The molecular weight excluding hydrogens is 1500 g/mol. The van der Waals surface area contributed by atoms with E-state index < -0.39 is 43.4 Å². The van der Waals surface area contributed by atoms with Crippen LogP contribution in [-0.4, -0.2) is 264 Å². The number of benzene rings is 4. The van der Waals surface area contributed by atoms with Crippen molar-refractivity contribution in [3.8, 4) is 35.1 Å². The molecule has 3 aliphatic rings. The van der Waals surface area contributed by atoms with Crippen molar-refractivity contribution in [1.82, 2.24) is 20.4 Å². The molecule has 114 heavy (non-hydrogen) atoms. The summed E-state index contributed by atoms with van der Waals surface area (Å²) in [4.78, 5) is 72.8. The molecule has 0 spiro atoms. The number of hydrogen-bond donors (Lipinski definition) is 6. The minimum Gasteiger partial charge on any atom is -0.493 e. The SMILES string of the molecule is C#CP(=O)(Nc1ccc(C(=O)C[C@H](C(=O)N[C@@H](CCCNC(N)=O)C(=O)Nc2ccc(COC(=O)N3CCc4cc(OC)c(OC)cc4[C@H]3C[C@H]3C[C@H]4c5cc(OC)c(OC)cc5CCN4C[C@@H]3CC)cc2)C(C)C)cc1)OCCOCCOCCOCCOCCOCCOCCOCCOCCOCCOCCOCCO. The van der Waals surface area contributed by atoms with Gasteiger partial charge in [-0.2, -0.15) is 0 Å². The van der Waals surface area contributed by atoms with Gasteiger partial charge in [0, 0.05) is 67.2 Å². The number of fused-ring (bicyclic) bond motifs is 4. The number of urea groups is 1. The lowest BCUT2D eigenvalue weighted by atomic mass is 9.72. The van der Waals surface area contributed by atoms with E-state index in [9.17, 15) is 28.5 Å². The second-order valence-electron chi connectivity index (χ2n) is 27.8. The van der Waals surface area contributed by atoms with Gasteiger partial charge in [-0.15, -0.1) is 6.42 Å². The van der Waals surface area contributed by atoms with E-state index in [-0.39, 0.29) is 94.1 Å². The molecule has 1 saturated heterocycles. The maximum absolute atomic E-state index is 14.6. The van der Waals surface area contributed by atoms with Crippen molar-refractivity contribution >= 4 is 48.6 Å². The van der Waals surface area contributed by atoms with Crippen molar-refractivity contribution in [2.45, 2.75) is 96.9 Å². The molecule has 0 bridgehead atoms. The van der Waals surface area contributed by atoms with Crippen LogP contribution in [0.25, 0.3) is 0 Å². The number of terminal acetylenes is 1. The number of anilines is 2. The van der Waals surface area contributed by atoms with Crippen LogP contribution in [0.3, 0.4) is 0 Å². The molecule has 3 aliphatic heterocycles. The van der Waals surface area contributed by atoms with Gasteiger partial charge in [-0.25, -0.2) is 9.59 Å². The van der Waals surface area contributed by atoms with Crippen LogP contribution in [0.15, 0.2) is 72.8 Å². The number of Topliss-reactive ketones (excluding diaryl/α,β-unsaturated/α-hetero) is 1. The van der Waals surface area contributed by atoms with Crippen LogP contribution in [0.1, 0.15) is 110 Å². The number of ether oxygens (including phenoxy) is 16. The summed E-state index contributed by atoms with van der Waals surface area (Å²) in [7, 11) is 2.74. The molecule has 0 saturated carbocycles. The highest BCUT2D eigenvalue weighted by molar-refractivity contribution is 7.65. The predicted octanol–water partition coefficient (Wildman–Crippen LogP) is 8.80. The van der Waals surface area contributed by atoms with Gasteiger partial charge in [0.1, 0.15) is 12.6 Å². The number of aliphatic hydroxyl groups is 1. The van der Waals surface area contributed by atoms with E-state index in [0.717, 1.165) is 49.2 Å². The van der Waals surface area contributed by atoms with E-state index >= 15 is 0 Å². The minimum absolute atomic E-state index is 0.000920. The zero-order valence-corrected chi connectivity index (χ0v) is 68.4. The van der Waals surface area contributed by atoms with Crippen LogP contribution in [0.2, 0.25) is 0 Å². The molecule has 1 unspecified atom stereocenters. The molecule has 634 valence electrons. The fourth-order valence-electron chi connectivity index (χ4n) is 13.8. The number of aliphatic hydroxyl groups excluding tert-OH is 1. The van der Waals surface area contributed by atoms with Crippen LogP contribution in [-0.2, 0) is 95.0 Å². The maximum atomic E-state index is 14.6. The highest BCUT2D eigenvalue weighted by Gasteiger charge is 2.43. The number of ketones is 1. The van der Waals surface area contributed by atoms with Crippen LogP contribution >= 0.6 is 7.52 Å². The fraction of sp³-hybridized carbons (Fsp3) is 0.622. The average Bonchev–Trinajstić information content (AvgIpc) is 0.759. The standard InChI is InChI=1S/C82H122N7O24P/c1-9-61-57-88-24-21-63-52-75(97-5)77(99-7)55-69(63)72(88)50-65(61)51-73-70-56-78(100-8)76(98-6)53-64(70)22-25-89(73)82(95)112-58-60-13-17-66(18-14-60)85-80(93)71(12-11-23-84-81(83)94)86-79(92)68(59(3)4)54-74(91)62-15-19-67(20-16-62)87-114(96,10-2)113-49-48-111-47-46-110-45-44-109-43-42-108-41-40-107-39-38-106-37-36-105-35-34-104-33-32-103-31-30-102-29-28-101-27-26-90/h2,13-20,52-53,55-56,59,61,65,68,71-73,90H,9,11-12,21-51,54,57-58H2,1,3-8H3,(H,85,93)(H,86,92)(H,87,96)(H3,83,84,94)/t61-,65+,68-,71-,72-,73+,114?/m0/s1. The number of piperidine rings is 1. The van der Waals surface area contributed by atoms with Gasteiger partial charge in [0.25, 0.3) is 0 Å². The normalized spacial score (nSPS) is 16.9. The van der Waals surface area contributed by atoms with Gasteiger partial charge < -0.3 is 117 Å². The van der Waals surface area contributed by atoms with Crippen LogP contribution < -0.4 is 45.7 Å². The van der Waals surface area contributed by atoms with Crippen LogP contribution in [0.5, 0.6) is 23.0 Å². The molecule has 0 aliphatic carbocycles. The molecule has 3 heterocycles. The topological polar surface area (TPSA) is 360 Å². The van der Waals surface area contributed by atoms with E-state index in [1.165, 1.54) is 35.4 Å². The summed E-state index contributed by atoms with van der Waals surface area (Å²) in [6.07, 6.45) is 9.50. The van der Waals surface area contributed by atoms with Crippen LogP contribution in [0.4, 0.5) is 21.0 Å². The number of nitrogens with two attached hydrogens (primary N) is 1. The molecule has 7 atom stereocenters. The molecule has 4 aromatic rings. The second kappa shape index (κ2) is 52.8. The minimum atomic E-state index is -3.83. The second-order valence-corrected chi connectivity index (χ2v) is 29.7. The predicted molar refractivity (Wildman–Crippen MR) is 427 cm³/mol. The van der Waals surface area contributed by atoms with Crippen molar-refractivity contribution in [2.24, 2.45) is 29.4 Å². The molecule has 31 nitrogen and oxygen atoms in total. The lowest BCUT2D eigenvalue weighted by Gasteiger charge is -2.49. The van der Waals surface area contributed by atoms with Crippen molar-refractivity contribution in [1.29, 1.82) is 0 Å². The molecule has 7 rings (SSSR count). The van der Waals surface area contributed by atoms with E-state index in [1.807, 2.05) is 17.0 Å². The van der Waals surface area contributed by atoms with E-state index in [0.29, 0.717) is 192 Å². The molecule has 5 amide bonds. The van der Waals surface area contributed by atoms with Gasteiger partial charge in [-0.05, 0) is 145 Å². The number of carbonyl (C=O) groups excluding carboxylic acids is 5. The summed E-state index contributed by atoms with van der Waals surface area (Å²) < 4.78 is 108. The zero-order chi connectivity index (χ0) is 81.7. The fourth-order valence-corrected chi connectivity index (χ4v) is 14.8. The number of rotatable bonds is 59. The molecule has 4 aromatic carbocycles. The highest BCUT2D eigenvalue weighted by Crippen LogP contribution is 2.50. The van der Waals surface area contributed by atoms with Gasteiger partial charge in [0.05, 0.1) is 193 Å². The molecule has 0 aromatic heterocycles. The lowest BCUT2D eigenvalue weighted by molar-refractivity contribution is -0.130. The Morgan fingerprint density at radius 2 is 1.06 bits per heavy atom. The summed E-state index contributed by atoms with van der Waals surface area (Å²) in [5.74, 6) is 0.679. The van der Waals surface area contributed by atoms with Crippen molar-refractivity contribution < 1.29 is 114 Å². The number of nitrogens with zero attached hydrogens (tertiary/aromatic N) is 2. The Morgan fingerprint density at radius 3 is 1.54 bits per heavy atom. The number of primary amides is 1. The summed E-state index contributed by atoms with van der Waals surface area (Å²) in [6, 6.07) is 19.3. The Bertz CT molecular complexity index is 3590. The maximum Gasteiger partial charge on any atom is 0.410 e. The van der Waals surface area contributed by atoms with Gasteiger partial charge in [0.15, 0.2) is 28.8 Å². The first kappa shape index (κ1) is 93.4. The van der Waals surface area contributed by atoms with Gasteiger partial charge >= 0.3 is 19.6 Å². The third-order valence-corrected chi connectivity index (χ3v) is 21.3. The first-order valence-electron chi connectivity index (χ1n) is 39.5. The highest BCUT2D eigenvalue weighted by atomic mass is 31.2. The molecular formula is C82H122N7O24P. The Morgan fingerprint density at radius 1 is 0.596 bits per heavy atom. The number of methoxy groups -OCH3 is 4. The van der Waals surface area contributed by atoms with Crippen molar-refractivity contribution in [3.05, 3.63) is 106 Å². The first-order valence-corrected chi connectivity index (χ1v) is 41.1. The number of carbonyl (C=O) groups is 5. The summed E-state index contributed by atoms with van der Waals surface area (Å²) in [6.45, 7) is 17.0. The van der Waals surface area contributed by atoms with E-state index in [1.54, 1.807) is 66.6 Å². The summed E-state index contributed by atoms with van der Waals surface area (Å²) >= 11 is 0. The Hall–Kier alpha value is -7.74. The Kier molecular flexibility index (Phi) is 43.2. The Labute approximate surface area is 671 Å². The molecule has 0 radical (unpaired) electrons. The quantitative estimate of drug-likeness (QED) is 0.0104. The number of amides is 5. The van der Waals surface area contributed by atoms with Gasteiger partial charge in [0.2, 0.25) is 11.8 Å². The van der Waals surface area contributed by atoms with E-state index in [2.05, 4.69) is 50.7 Å². The summed E-state index contributed by atoms with van der Waals surface area (Å²) in [5.41, 5.74) is 13.8. The largest absolute Gasteiger partial charge is 0.493 e. The van der Waals surface area contributed by atoms with Crippen LogP contribution in [0, 0.1) is 35.8 Å². The monoisotopic (exact) mass is 1620 g/mol. The molecule has 1 fully saturated rings. The average molecular weight is 1620 g/mol. The molecule has 7 N–H and O–H groups in total. The van der Waals surface area contributed by atoms with Crippen molar-refractivity contribution in [3.63, 3.8) is 0 Å². The number of hydrogen-bond acceptors (Lipinski definition) is 25. The number of nitrogens with one attached hydrogen (secondary N) is 4. The lowest BCUT2D eigenvalue weighted by Crippen LogP contribution is -2.47. The van der Waals surface area contributed by atoms with Crippen molar-refractivity contribution in [2.75, 3.05) is 224 Å². The van der Waals surface area contributed by atoms with Gasteiger partial charge in [-0.1, -0.05) is 39.3 Å². The first-order chi connectivity index (χ1) is 55.4. The third kappa shape index (κ3) is 32.0. The third-order valence-electron chi connectivity index (χ3n) is 19.9. The van der Waals surface area contributed by atoms with E-state index in [4.69, 9.17) is 97.6 Å². The zero-order valence-electron chi connectivity index (χ0n) is 67.5. The van der Waals surface area contributed by atoms with Gasteiger partial charge in [-0.3, -0.25) is 23.8 Å². The smallest absolute Gasteiger partial charge is 0.410 e.